The lowest BCUT2D eigenvalue weighted by molar-refractivity contribution is -0.0429. The number of hydrogen-bond acceptors (Lipinski definition) is 5. The second-order valence-electron chi connectivity index (χ2n) is 8.74. The fourth-order valence-electron chi connectivity index (χ4n) is 4.56. The molecule has 2 heterocycles. The Labute approximate surface area is 232 Å². The van der Waals surface area contributed by atoms with Gasteiger partial charge < -0.3 is 14.3 Å². The smallest absolute Gasteiger partial charge is 0.472 e. The van der Waals surface area contributed by atoms with Gasteiger partial charge in [0.05, 0.1) is 30.5 Å². The maximum atomic E-state index is 13.3. The SMILES string of the molecule is CCCc1nc(CC)c(C(=O)NC)n1Cc1c2ccocc-2c(Br)c1-c1ccccc1NS(=O)(=O)C(F)(F)F. The Morgan fingerprint density at radius 2 is 1.85 bits per heavy atom. The van der Waals surface area contributed by atoms with E-state index in [0.717, 1.165) is 6.42 Å². The summed E-state index contributed by atoms with van der Waals surface area (Å²) in [6.07, 6.45) is 4.85. The van der Waals surface area contributed by atoms with Crippen molar-refractivity contribution in [2.24, 2.45) is 0 Å². The number of hydrogen-bond donors (Lipinski definition) is 2. The van der Waals surface area contributed by atoms with Crippen LogP contribution in [0, 0.1) is 0 Å². The molecule has 1 aliphatic carbocycles. The van der Waals surface area contributed by atoms with Gasteiger partial charge in [-0.05, 0) is 52.0 Å². The van der Waals surface area contributed by atoms with Crippen molar-refractivity contribution < 1.29 is 30.8 Å². The number of aryl methyl sites for hydroxylation is 2. The van der Waals surface area contributed by atoms with Crippen LogP contribution in [0.1, 0.15) is 47.8 Å². The molecular formula is C26H26BrF3N4O4S. The number of aromatic nitrogens is 2. The lowest BCUT2D eigenvalue weighted by atomic mass is 10.0. The minimum atomic E-state index is -5.68. The van der Waals surface area contributed by atoms with Gasteiger partial charge in [0, 0.05) is 34.6 Å². The van der Waals surface area contributed by atoms with Gasteiger partial charge in [-0.3, -0.25) is 9.52 Å². The summed E-state index contributed by atoms with van der Waals surface area (Å²) in [6, 6.07) is 7.56. The third kappa shape index (κ3) is 5.29. The van der Waals surface area contributed by atoms with Crippen LogP contribution in [0.15, 0.2) is 51.7 Å². The Morgan fingerprint density at radius 3 is 2.49 bits per heavy atom. The molecule has 0 atom stereocenters. The number of rotatable bonds is 9. The zero-order valence-corrected chi connectivity index (χ0v) is 23.7. The van der Waals surface area contributed by atoms with Crippen molar-refractivity contribution in [1.82, 2.24) is 14.9 Å². The average Bonchev–Trinajstić information content (AvgIpc) is 3.38. The van der Waals surface area contributed by atoms with Crippen LogP contribution in [-0.4, -0.2) is 36.4 Å². The van der Waals surface area contributed by atoms with Crippen LogP contribution in [0.3, 0.4) is 0 Å². The molecule has 0 saturated carbocycles. The number of carbonyl (C=O) groups excluding carboxylic acids is 1. The van der Waals surface area contributed by atoms with Crippen LogP contribution in [0.5, 0.6) is 0 Å². The van der Waals surface area contributed by atoms with Crippen molar-refractivity contribution in [3.8, 4) is 22.3 Å². The Morgan fingerprint density at radius 1 is 1.13 bits per heavy atom. The second kappa shape index (κ2) is 11.0. The van der Waals surface area contributed by atoms with E-state index < -0.39 is 15.5 Å². The number of nitrogens with one attached hydrogen (secondary N) is 2. The monoisotopic (exact) mass is 626 g/mol. The maximum absolute atomic E-state index is 13.3. The van der Waals surface area contributed by atoms with E-state index in [9.17, 15) is 26.4 Å². The van der Waals surface area contributed by atoms with Crippen LogP contribution in [0.25, 0.3) is 22.3 Å². The number of nitrogens with zero attached hydrogens (tertiary/aromatic N) is 2. The summed E-state index contributed by atoms with van der Waals surface area (Å²) in [6.45, 7) is 4.04. The number of para-hydroxylation sites is 1. The number of amides is 1. The van der Waals surface area contributed by atoms with Crippen molar-refractivity contribution in [3.05, 3.63) is 70.1 Å². The Bertz CT molecular complexity index is 1590. The fourth-order valence-corrected chi connectivity index (χ4v) is 5.90. The molecule has 0 unspecified atom stereocenters. The number of anilines is 1. The molecular weight excluding hydrogens is 601 g/mol. The molecule has 2 aliphatic rings. The molecule has 1 aromatic heterocycles. The highest BCUT2D eigenvalue weighted by Gasteiger charge is 2.46. The molecule has 39 heavy (non-hydrogen) atoms. The molecule has 1 aromatic carbocycles. The molecule has 2 N–H and O–H groups in total. The second-order valence-corrected chi connectivity index (χ2v) is 11.2. The standard InChI is InChI=1S/C26H26BrF3N4O4S/c1-4-8-21-32-19(5-2)24(25(35)31-3)34(21)13-17-15-11-12-38-14-18(15)23(27)22(17)16-9-6-7-10-20(16)33-39(36,37)26(28,29)30/h6-7,9-12,14,33H,4-5,8,13H2,1-3H3,(H,31,35). The van der Waals surface area contributed by atoms with Gasteiger partial charge in [0.25, 0.3) is 5.91 Å². The van der Waals surface area contributed by atoms with E-state index in [1.807, 2.05) is 18.4 Å². The van der Waals surface area contributed by atoms with Gasteiger partial charge in [0.15, 0.2) is 0 Å². The highest BCUT2D eigenvalue weighted by molar-refractivity contribution is 9.10. The molecule has 0 bridgehead atoms. The van der Waals surface area contributed by atoms with Gasteiger partial charge >= 0.3 is 15.5 Å². The van der Waals surface area contributed by atoms with E-state index >= 15 is 0 Å². The quantitative estimate of drug-likeness (QED) is 0.230. The number of benzene rings is 1. The highest BCUT2D eigenvalue weighted by atomic mass is 79.9. The van der Waals surface area contributed by atoms with Crippen LogP contribution in [-0.2, 0) is 29.4 Å². The van der Waals surface area contributed by atoms with Gasteiger partial charge in [-0.15, -0.1) is 0 Å². The number of imidazole rings is 1. The number of fused-ring (bicyclic) bond motifs is 1. The summed E-state index contributed by atoms with van der Waals surface area (Å²) >= 11 is 3.57. The highest BCUT2D eigenvalue weighted by Crippen LogP contribution is 2.48. The van der Waals surface area contributed by atoms with Crippen molar-refractivity contribution in [2.75, 3.05) is 11.8 Å². The molecule has 208 valence electrons. The van der Waals surface area contributed by atoms with Crippen molar-refractivity contribution in [2.45, 2.75) is 45.2 Å². The maximum Gasteiger partial charge on any atom is 0.516 e. The van der Waals surface area contributed by atoms with E-state index in [2.05, 4.69) is 21.2 Å². The third-order valence-corrected chi connectivity index (χ3v) is 8.23. The van der Waals surface area contributed by atoms with Gasteiger partial charge in [0.1, 0.15) is 11.5 Å². The molecule has 4 rings (SSSR count). The molecule has 1 aliphatic heterocycles. The largest absolute Gasteiger partial charge is 0.516 e. The minimum absolute atomic E-state index is 0.146. The lowest BCUT2D eigenvalue weighted by Gasteiger charge is -2.17. The molecule has 8 nitrogen and oxygen atoms in total. The van der Waals surface area contributed by atoms with Gasteiger partial charge in [0.2, 0.25) is 0 Å². The lowest BCUT2D eigenvalue weighted by Crippen LogP contribution is -2.30. The molecule has 13 heteroatoms. The van der Waals surface area contributed by atoms with E-state index in [-0.39, 0.29) is 23.7 Å². The summed E-state index contributed by atoms with van der Waals surface area (Å²) in [7, 11) is -4.15. The molecule has 1 amide bonds. The van der Waals surface area contributed by atoms with Crippen LogP contribution in [0.2, 0.25) is 0 Å². The van der Waals surface area contributed by atoms with Crippen molar-refractivity contribution in [3.63, 3.8) is 0 Å². The summed E-state index contributed by atoms with van der Waals surface area (Å²) in [4.78, 5) is 17.7. The molecule has 0 radical (unpaired) electrons. The first-order valence-electron chi connectivity index (χ1n) is 12.1. The first kappa shape index (κ1) is 28.7. The predicted octanol–water partition coefficient (Wildman–Crippen LogP) is 6.19. The van der Waals surface area contributed by atoms with E-state index in [1.165, 1.54) is 37.8 Å². The summed E-state index contributed by atoms with van der Waals surface area (Å²) in [5, 5.41) is 2.67. The van der Waals surface area contributed by atoms with Crippen LogP contribution < -0.4 is 10.0 Å². The first-order chi connectivity index (χ1) is 18.4. The van der Waals surface area contributed by atoms with Gasteiger partial charge in [-0.2, -0.15) is 21.6 Å². The van der Waals surface area contributed by atoms with E-state index in [0.29, 0.717) is 56.8 Å². The average molecular weight is 627 g/mol. The van der Waals surface area contributed by atoms with Crippen molar-refractivity contribution in [1.29, 1.82) is 0 Å². The van der Waals surface area contributed by atoms with E-state index in [4.69, 9.17) is 9.40 Å². The molecule has 0 fully saturated rings. The first-order valence-corrected chi connectivity index (χ1v) is 14.4. The molecule has 0 saturated heterocycles. The summed E-state index contributed by atoms with van der Waals surface area (Å²) in [5.41, 5.74) is -2.05. The number of alkyl halides is 3. The number of carbonyl (C=O) groups is 1. The summed E-state index contributed by atoms with van der Waals surface area (Å²) in [5.74, 6) is 0.377. The van der Waals surface area contributed by atoms with E-state index in [1.54, 1.807) is 16.9 Å². The van der Waals surface area contributed by atoms with Crippen molar-refractivity contribution >= 4 is 37.5 Å². The zero-order valence-electron chi connectivity index (χ0n) is 21.3. The zero-order chi connectivity index (χ0) is 28.5. The summed E-state index contributed by atoms with van der Waals surface area (Å²) < 4.78 is 73.2. The Kier molecular flexibility index (Phi) is 8.12. The van der Waals surface area contributed by atoms with Crippen LogP contribution in [0.4, 0.5) is 18.9 Å². The Balaban J connectivity index is 1.99. The Hall–Kier alpha value is -3.32. The topological polar surface area (TPSA) is 106 Å². The van der Waals surface area contributed by atoms with Gasteiger partial charge in [-0.25, -0.2) is 4.98 Å². The number of halogens is 4. The molecule has 0 spiro atoms. The minimum Gasteiger partial charge on any atom is -0.472 e. The van der Waals surface area contributed by atoms with Crippen LogP contribution >= 0.6 is 15.9 Å². The normalized spacial score (nSPS) is 12.2. The number of sulfonamides is 1. The fraction of sp³-hybridized carbons (Fsp3) is 0.308. The third-order valence-electron chi connectivity index (χ3n) is 6.30. The molecule has 2 aromatic rings. The predicted molar refractivity (Wildman–Crippen MR) is 145 cm³/mol. The van der Waals surface area contributed by atoms with Gasteiger partial charge in [-0.1, -0.05) is 32.0 Å².